The fourth-order valence-corrected chi connectivity index (χ4v) is 8.87. The molecule has 7 aromatic rings. The first-order valence-corrected chi connectivity index (χ1v) is 17.6. The molecule has 0 fully saturated rings. The van der Waals surface area contributed by atoms with Crippen LogP contribution in [0.5, 0.6) is 0 Å². The monoisotopic (exact) mass is 637 g/mol. The second-order valence-electron chi connectivity index (χ2n) is 13.7. The maximum Gasteiger partial charge on any atom is 0.0719 e. The highest BCUT2D eigenvalue weighted by atomic mass is 14.9. The minimum Gasteiger partial charge on any atom is -0.374 e. The number of hydrogen-bond donors (Lipinski definition) is 1. The smallest absolute Gasteiger partial charge is 0.0719 e. The van der Waals surface area contributed by atoms with Gasteiger partial charge in [0.15, 0.2) is 0 Å². The number of nitrogens with one attached hydrogen (secondary N) is 1. The van der Waals surface area contributed by atoms with Gasteiger partial charge in [-0.3, -0.25) is 0 Å². The topological polar surface area (TPSA) is 12.0 Å². The van der Waals surface area contributed by atoms with Crippen molar-refractivity contribution in [3.05, 3.63) is 238 Å². The van der Waals surface area contributed by atoms with Crippen molar-refractivity contribution in [2.24, 2.45) is 0 Å². The zero-order valence-corrected chi connectivity index (χ0v) is 27.7. The Morgan fingerprint density at radius 1 is 0.440 bits per heavy atom. The first-order valence-electron chi connectivity index (χ1n) is 17.6. The van der Waals surface area contributed by atoms with Gasteiger partial charge in [-0.15, -0.1) is 0 Å². The number of benzene rings is 7. The summed E-state index contributed by atoms with van der Waals surface area (Å²) < 4.78 is 0. The Bertz CT molecular complexity index is 2420. The fourth-order valence-electron chi connectivity index (χ4n) is 8.87. The minimum atomic E-state index is -0.349. The summed E-state index contributed by atoms with van der Waals surface area (Å²) in [7, 11) is 0. The van der Waals surface area contributed by atoms with E-state index in [1.165, 1.54) is 77.9 Å². The summed E-state index contributed by atoms with van der Waals surface area (Å²) >= 11 is 0. The fraction of sp³-hybridized carbons (Fsp3) is 0.0612. The van der Waals surface area contributed by atoms with Crippen LogP contribution in [0.25, 0.3) is 33.5 Å². The lowest BCUT2D eigenvalue weighted by atomic mass is 9.61. The Morgan fingerprint density at radius 3 is 1.72 bits per heavy atom. The Balaban J connectivity index is 1.11. The van der Waals surface area contributed by atoms with E-state index in [2.05, 4.69) is 193 Å². The van der Waals surface area contributed by atoms with Crippen LogP contribution in [-0.4, -0.2) is 0 Å². The molecular formula is C49H35N. The van der Waals surface area contributed by atoms with E-state index in [9.17, 15) is 0 Å². The number of dihydropyridines is 1. The first-order chi connectivity index (χ1) is 24.8. The molecule has 1 heteroatoms. The van der Waals surface area contributed by atoms with Crippen LogP contribution in [0.15, 0.2) is 188 Å². The molecule has 0 radical (unpaired) electrons. The van der Waals surface area contributed by atoms with Crippen LogP contribution >= 0.6 is 0 Å². The molecule has 1 N–H and O–H groups in total. The van der Waals surface area contributed by atoms with Crippen molar-refractivity contribution in [3.8, 4) is 22.3 Å². The largest absolute Gasteiger partial charge is 0.374 e. The summed E-state index contributed by atoms with van der Waals surface area (Å²) in [6.45, 7) is 0. The average molecular weight is 638 g/mol. The molecule has 1 nitrogen and oxygen atoms in total. The van der Waals surface area contributed by atoms with Crippen molar-refractivity contribution in [1.82, 2.24) is 5.32 Å². The highest BCUT2D eigenvalue weighted by Crippen LogP contribution is 2.59. The maximum atomic E-state index is 3.79. The van der Waals surface area contributed by atoms with E-state index in [1.54, 1.807) is 0 Å². The van der Waals surface area contributed by atoms with E-state index in [0.29, 0.717) is 0 Å². The molecule has 1 heterocycles. The second kappa shape index (κ2) is 11.5. The van der Waals surface area contributed by atoms with Crippen LogP contribution in [0, 0.1) is 0 Å². The van der Waals surface area contributed by atoms with Gasteiger partial charge >= 0.3 is 0 Å². The first kappa shape index (κ1) is 28.8. The Kier molecular flexibility index (Phi) is 6.60. The summed E-state index contributed by atoms with van der Waals surface area (Å²) in [5.41, 5.74) is 19.3. The Hall–Kier alpha value is -6.18. The van der Waals surface area contributed by atoms with Gasteiger partial charge < -0.3 is 5.32 Å². The van der Waals surface area contributed by atoms with Gasteiger partial charge in [-0.05, 0) is 96.5 Å². The predicted molar refractivity (Wildman–Crippen MR) is 207 cm³/mol. The molecule has 1 aliphatic heterocycles. The lowest BCUT2D eigenvalue weighted by Crippen LogP contribution is -2.34. The van der Waals surface area contributed by atoms with Crippen molar-refractivity contribution in [1.29, 1.82) is 0 Å². The molecule has 3 aliphatic rings. The quantitative estimate of drug-likeness (QED) is 0.202. The summed E-state index contributed by atoms with van der Waals surface area (Å²) in [6, 6.07) is 64.9. The van der Waals surface area contributed by atoms with Crippen molar-refractivity contribution in [3.63, 3.8) is 0 Å². The summed E-state index contributed by atoms with van der Waals surface area (Å²) in [5.74, 6) is 0. The van der Waals surface area contributed by atoms with Gasteiger partial charge in [0, 0.05) is 5.70 Å². The average Bonchev–Trinajstić information content (AvgIpc) is 3.49. The van der Waals surface area contributed by atoms with Gasteiger partial charge in [0.2, 0.25) is 0 Å². The van der Waals surface area contributed by atoms with Gasteiger partial charge in [0.05, 0.1) is 11.5 Å². The molecule has 7 aromatic carbocycles. The second-order valence-corrected chi connectivity index (χ2v) is 13.7. The van der Waals surface area contributed by atoms with Crippen LogP contribution in [0.2, 0.25) is 0 Å². The van der Waals surface area contributed by atoms with E-state index in [0.717, 1.165) is 12.1 Å². The lowest BCUT2D eigenvalue weighted by molar-refractivity contribution is 0.723. The molecule has 1 unspecified atom stereocenters. The highest BCUT2D eigenvalue weighted by Gasteiger charge is 2.49. The molecule has 0 amide bonds. The zero-order chi connectivity index (χ0) is 33.1. The van der Waals surface area contributed by atoms with Crippen LogP contribution in [0.3, 0.4) is 0 Å². The van der Waals surface area contributed by atoms with Gasteiger partial charge in [-0.25, -0.2) is 0 Å². The molecule has 0 aromatic heterocycles. The van der Waals surface area contributed by atoms with Crippen molar-refractivity contribution >= 4 is 11.3 Å². The molecule has 0 saturated heterocycles. The molecule has 1 atom stereocenters. The van der Waals surface area contributed by atoms with E-state index >= 15 is 0 Å². The van der Waals surface area contributed by atoms with Crippen molar-refractivity contribution in [2.45, 2.75) is 17.9 Å². The number of allylic oxidation sites excluding steroid dienone is 2. The van der Waals surface area contributed by atoms with Gasteiger partial charge in [0.25, 0.3) is 0 Å². The summed E-state index contributed by atoms with van der Waals surface area (Å²) in [4.78, 5) is 0. The third-order valence-electron chi connectivity index (χ3n) is 11.1. The van der Waals surface area contributed by atoms with Gasteiger partial charge in [0.1, 0.15) is 0 Å². The molecule has 0 bridgehead atoms. The molecule has 0 saturated carbocycles. The van der Waals surface area contributed by atoms with Crippen LogP contribution in [0.1, 0.15) is 56.1 Å². The van der Waals surface area contributed by atoms with Crippen LogP contribution in [0.4, 0.5) is 0 Å². The van der Waals surface area contributed by atoms with E-state index in [1.807, 2.05) is 0 Å². The maximum absolute atomic E-state index is 3.79. The van der Waals surface area contributed by atoms with E-state index < -0.39 is 0 Å². The lowest BCUT2D eigenvalue weighted by Gasteiger charge is -2.41. The third kappa shape index (κ3) is 4.33. The minimum absolute atomic E-state index is 0.0839. The predicted octanol–water partition coefficient (Wildman–Crippen LogP) is 11.4. The van der Waals surface area contributed by atoms with Crippen molar-refractivity contribution in [2.75, 3.05) is 0 Å². The van der Waals surface area contributed by atoms with Crippen LogP contribution in [-0.2, 0) is 11.8 Å². The molecule has 2 aliphatic carbocycles. The number of hydrogen-bond acceptors (Lipinski definition) is 1. The SMILES string of the molecule is C1=C(c2ccc(-c3cccc4c3Cc3ccccc3C43c4ccccc4-c4ccccc43)cc2)C=C(c2ccccc2)NC1c1ccccc1. The summed E-state index contributed by atoms with van der Waals surface area (Å²) in [6.07, 6.45) is 5.56. The van der Waals surface area contributed by atoms with Gasteiger partial charge in [-0.2, -0.15) is 0 Å². The van der Waals surface area contributed by atoms with Gasteiger partial charge in [-0.1, -0.05) is 176 Å². The normalized spacial score (nSPS) is 16.3. The summed E-state index contributed by atoms with van der Waals surface area (Å²) in [5, 5.41) is 3.79. The van der Waals surface area contributed by atoms with Crippen molar-refractivity contribution < 1.29 is 0 Å². The van der Waals surface area contributed by atoms with E-state index in [-0.39, 0.29) is 11.5 Å². The molecule has 10 rings (SSSR count). The van der Waals surface area contributed by atoms with E-state index in [4.69, 9.17) is 0 Å². The Labute approximate surface area is 293 Å². The standard InChI is InChI=1S/C49H35N/c1-3-14-35(15-4-1)47-31-38(32-48(50-47)36-16-5-2-6-17-36)33-26-28-34(29-27-33)39-21-13-25-46-42(39)30-37-18-7-10-22-43(37)49(46)44-23-11-8-19-40(44)41-20-9-12-24-45(41)49/h1-29,31-32,47,50H,30H2. The van der Waals surface area contributed by atoms with Crippen LogP contribution < -0.4 is 5.32 Å². The molecular weight excluding hydrogens is 603 g/mol. The Morgan fingerprint density at radius 2 is 1.00 bits per heavy atom. The molecule has 50 heavy (non-hydrogen) atoms. The third-order valence-corrected chi connectivity index (χ3v) is 11.1. The molecule has 1 spiro atoms. The highest BCUT2D eigenvalue weighted by molar-refractivity contribution is 5.90. The number of rotatable bonds is 4. The zero-order valence-electron chi connectivity index (χ0n) is 27.7. The number of fused-ring (bicyclic) bond motifs is 9. The molecule has 236 valence electrons.